The molecule has 1 aliphatic heterocycles. The second kappa shape index (κ2) is 8.51. The molecule has 7 heteroatoms. The van der Waals surface area contributed by atoms with Crippen LogP contribution in [0.3, 0.4) is 0 Å². The SMILES string of the molecule is CCOC(=O)N1CCC(NC(=O)COc2ccc3ncccc3c2)CC1. The molecule has 1 aromatic carbocycles. The number of rotatable bonds is 5. The van der Waals surface area contributed by atoms with Crippen molar-refractivity contribution in [3.8, 4) is 5.75 Å². The number of nitrogens with one attached hydrogen (secondary N) is 1. The average Bonchev–Trinajstić information content (AvgIpc) is 2.67. The molecule has 1 fully saturated rings. The molecular formula is C19H23N3O4. The number of piperidine rings is 1. The first kappa shape index (κ1) is 18.0. The molecule has 2 aromatic rings. The highest BCUT2D eigenvalue weighted by Gasteiger charge is 2.24. The topological polar surface area (TPSA) is 80.8 Å². The molecule has 7 nitrogen and oxygen atoms in total. The summed E-state index contributed by atoms with van der Waals surface area (Å²) in [6.07, 6.45) is 2.88. The smallest absolute Gasteiger partial charge is 0.409 e. The first-order valence-corrected chi connectivity index (χ1v) is 8.84. The number of benzene rings is 1. The van der Waals surface area contributed by atoms with Crippen LogP contribution in [0, 0.1) is 0 Å². The van der Waals surface area contributed by atoms with Crippen molar-refractivity contribution in [1.29, 1.82) is 0 Å². The highest BCUT2D eigenvalue weighted by molar-refractivity contribution is 5.80. The minimum atomic E-state index is -0.286. The summed E-state index contributed by atoms with van der Waals surface area (Å²) in [6, 6.07) is 9.41. The Morgan fingerprint density at radius 2 is 2.08 bits per heavy atom. The van der Waals surface area contributed by atoms with Crippen molar-refractivity contribution in [3.05, 3.63) is 36.5 Å². The lowest BCUT2D eigenvalue weighted by Gasteiger charge is -2.31. The molecule has 3 rings (SSSR count). The van der Waals surface area contributed by atoms with Crippen LogP contribution in [0.2, 0.25) is 0 Å². The number of nitrogens with zero attached hydrogens (tertiary/aromatic N) is 2. The molecule has 2 heterocycles. The number of ether oxygens (including phenoxy) is 2. The van der Waals surface area contributed by atoms with Crippen LogP contribution in [0.4, 0.5) is 4.79 Å². The molecule has 0 bridgehead atoms. The van der Waals surface area contributed by atoms with Crippen LogP contribution in [0.5, 0.6) is 5.75 Å². The quantitative estimate of drug-likeness (QED) is 0.888. The molecule has 0 radical (unpaired) electrons. The number of fused-ring (bicyclic) bond motifs is 1. The van der Waals surface area contributed by atoms with Gasteiger partial charge in [-0.3, -0.25) is 9.78 Å². The number of carbonyl (C=O) groups excluding carboxylic acids is 2. The fourth-order valence-corrected chi connectivity index (χ4v) is 2.98. The number of carbonyl (C=O) groups is 2. The highest BCUT2D eigenvalue weighted by Crippen LogP contribution is 2.19. The Morgan fingerprint density at radius 3 is 2.85 bits per heavy atom. The minimum absolute atomic E-state index is 0.0378. The molecule has 0 aliphatic carbocycles. The van der Waals surface area contributed by atoms with E-state index in [2.05, 4.69) is 10.3 Å². The molecule has 1 aliphatic rings. The van der Waals surface area contributed by atoms with Crippen molar-refractivity contribution in [2.45, 2.75) is 25.8 Å². The van der Waals surface area contributed by atoms with Gasteiger partial charge in [-0.1, -0.05) is 6.07 Å². The van der Waals surface area contributed by atoms with Gasteiger partial charge in [-0.25, -0.2) is 4.79 Å². The van der Waals surface area contributed by atoms with Crippen molar-refractivity contribution in [1.82, 2.24) is 15.2 Å². The van der Waals surface area contributed by atoms with Crippen molar-refractivity contribution in [2.75, 3.05) is 26.3 Å². The second-order valence-corrected chi connectivity index (χ2v) is 6.17. The van der Waals surface area contributed by atoms with E-state index in [9.17, 15) is 9.59 Å². The first-order chi connectivity index (χ1) is 12.7. The fraction of sp³-hybridized carbons (Fsp3) is 0.421. The van der Waals surface area contributed by atoms with Crippen LogP contribution in [0.1, 0.15) is 19.8 Å². The molecule has 1 saturated heterocycles. The third-order valence-corrected chi connectivity index (χ3v) is 4.33. The minimum Gasteiger partial charge on any atom is -0.484 e. The molecule has 0 atom stereocenters. The van der Waals surface area contributed by atoms with Crippen LogP contribution in [-0.2, 0) is 9.53 Å². The van der Waals surface area contributed by atoms with Gasteiger partial charge in [0.2, 0.25) is 0 Å². The molecular weight excluding hydrogens is 334 g/mol. The third-order valence-electron chi connectivity index (χ3n) is 4.33. The number of likely N-dealkylation sites (tertiary alicyclic amines) is 1. The standard InChI is InChI=1S/C19H23N3O4/c1-2-25-19(24)22-10-7-15(8-11-22)21-18(23)13-26-16-5-6-17-14(12-16)4-3-9-20-17/h3-6,9,12,15H,2,7-8,10-11,13H2,1H3,(H,21,23). The number of amides is 2. The summed E-state index contributed by atoms with van der Waals surface area (Å²) >= 11 is 0. The normalized spacial score (nSPS) is 14.9. The largest absolute Gasteiger partial charge is 0.484 e. The Hall–Kier alpha value is -2.83. The van der Waals surface area contributed by atoms with Gasteiger partial charge in [-0.15, -0.1) is 0 Å². The molecule has 2 amide bonds. The van der Waals surface area contributed by atoms with Crippen molar-refractivity contribution in [3.63, 3.8) is 0 Å². The van der Waals surface area contributed by atoms with E-state index < -0.39 is 0 Å². The zero-order chi connectivity index (χ0) is 18.4. The van der Waals surface area contributed by atoms with Crippen LogP contribution in [0.25, 0.3) is 10.9 Å². The summed E-state index contributed by atoms with van der Waals surface area (Å²) in [6.45, 7) is 3.29. The Morgan fingerprint density at radius 1 is 1.27 bits per heavy atom. The molecule has 1 aromatic heterocycles. The predicted octanol–water partition coefficient (Wildman–Crippen LogP) is 2.35. The lowest BCUT2D eigenvalue weighted by atomic mass is 10.1. The van der Waals surface area contributed by atoms with Gasteiger partial charge in [-0.05, 0) is 44.0 Å². The van der Waals surface area contributed by atoms with E-state index in [1.165, 1.54) is 0 Å². The highest BCUT2D eigenvalue weighted by atomic mass is 16.6. The molecule has 0 saturated carbocycles. The van der Waals surface area contributed by atoms with Crippen molar-refractivity contribution >= 4 is 22.9 Å². The van der Waals surface area contributed by atoms with E-state index in [4.69, 9.17) is 9.47 Å². The van der Waals surface area contributed by atoms with Gasteiger partial charge in [0, 0.05) is 30.7 Å². The Balaban J connectivity index is 1.43. The van der Waals surface area contributed by atoms with E-state index in [0.29, 0.717) is 38.3 Å². The van der Waals surface area contributed by atoms with E-state index in [-0.39, 0.29) is 24.6 Å². The van der Waals surface area contributed by atoms with Gasteiger partial charge in [0.05, 0.1) is 12.1 Å². The molecule has 1 N–H and O–H groups in total. The lowest BCUT2D eigenvalue weighted by molar-refractivity contribution is -0.124. The first-order valence-electron chi connectivity index (χ1n) is 8.84. The number of hydrogen-bond acceptors (Lipinski definition) is 5. The zero-order valence-corrected chi connectivity index (χ0v) is 14.8. The Labute approximate surface area is 152 Å². The molecule has 0 spiro atoms. The Kier molecular flexibility index (Phi) is 5.88. The van der Waals surface area contributed by atoms with Crippen molar-refractivity contribution < 1.29 is 19.1 Å². The van der Waals surface area contributed by atoms with Gasteiger partial charge in [0.15, 0.2) is 6.61 Å². The van der Waals surface area contributed by atoms with Gasteiger partial charge in [0.1, 0.15) is 5.75 Å². The summed E-state index contributed by atoms with van der Waals surface area (Å²) < 4.78 is 10.6. The van der Waals surface area contributed by atoms with E-state index in [0.717, 1.165) is 10.9 Å². The monoisotopic (exact) mass is 357 g/mol. The van der Waals surface area contributed by atoms with E-state index in [1.807, 2.05) is 24.3 Å². The summed E-state index contributed by atoms with van der Waals surface area (Å²) in [4.78, 5) is 29.7. The number of hydrogen-bond donors (Lipinski definition) is 1. The third kappa shape index (κ3) is 4.62. The molecule has 138 valence electrons. The average molecular weight is 357 g/mol. The Bertz CT molecular complexity index is 772. The maximum Gasteiger partial charge on any atom is 0.409 e. The van der Waals surface area contributed by atoms with Crippen molar-refractivity contribution in [2.24, 2.45) is 0 Å². The summed E-state index contributed by atoms with van der Waals surface area (Å²) in [5, 5.41) is 3.93. The van der Waals surface area contributed by atoms with E-state index in [1.54, 1.807) is 24.1 Å². The van der Waals surface area contributed by atoms with E-state index >= 15 is 0 Å². The summed E-state index contributed by atoms with van der Waals surface area (Å²) in [7, 11) is 0. The van der Waals surface area contributed by atoms with Crippen LogP contribution < -0.4 is 10.1 Å². The number of pyridine rings is 1. The van der Waals surface area contributed by atoms with Gasteiger partial charge in [0.25, 0.3) is 5.91 Å². The van der Waals surface area contributed by atoms with Gasteiger partial charge in [-0.2, -0.15) is 0 Å². The van der Waals surface area contributed by atoms with Crippen LogP contribution in [-0.4, -0.2) is 54.2 Å². The predicted molar refractivity (Wildman–Crippen MR) is 97.0 cm³/mol. The maximum absolute atomic E-state index is 12.1. The maximum atomic E-state index is 12.1. The zero-order valence-electron chi connectivity index (χ0n) is 14.8. The summed E-state index contributed by atoms with van der Waals surface area (Å²) in [5.41, 5.74) is 0.887. The molecule has 0 unspecified atom stereocenters. The molecule has 26 heavy (non-hydrogen) atoms. The second-order valence-electron chi connectivity index (χ2n) is 6.17. The van der Waals surface area contributed by atoms with Gasteiger partial charge < -0.3 is 19.7 Å². The number of aromatic nitrogens is 1. The van der Waals surface area contributed by atoms with Crippen LogP contribution >= 0.6 is 0 Å². The summed E-state index contributed by atoms with van der Waals surface area (Å²) in [5.74, 6) is 0.476. The lowest BCUT2D eigenvalue weighted by Crippen LogP contribution is -2.47. The fourth-order valence-electron chi connectivity index (χ4n) is 2.98. The van der Waals surface area contributed by atoms with Crippen LogP contribution in [0.15, 0.2) is 36.5 Å². The van der Waals surface area contributed by atoms with Gasteiger partial charge >= 0.3 is 6.09 Å².